The van der Waals surface area contributed by atoms with E-state index in [1.54, 1.807) is 65.1 Å². The maximum absolute atomic E-state index is 12.8. The Labute approximate surface area is 219 Å². The Bertz CT molecular complexity index is 1500. The lowest BCUT2D eigenvalue weighted by Crippen LogP contribution is -2.40. The summed E-state index contributed by atoms with van der Waals surface area (Å²) < 4.78 is 23.1. The Hall–Kier alpha value is -3.93. The van der Waals surface area contributed by atoms with Crippen LogP contribution in [0.15, 0.2) is 44.4 Å². The summed E-state index contributed by atoms with van der Waals surface area (Å²) in [5, 5.41) is 3.96. The lowest BCUT2D eigenvalue weighted by atomic mass is 9.90. The van der Waals surface area contributed by atoms with Crippen LogP contribution in [0.3, 0.4) is 0 Å². The third kappa shape index (κ3) is 5.15. The van der Waals surface area contributed by atoms with Gasteiger partial charge in [0.1, 0.15) is 23.9 Å². The minimum atomic E-state index is -1.21. The molecule has 1 unspecified atom stereocenters. The second-order valence-corrected chi connectivity index (χ2v) is 10.1. The number of aromatic amines is 1. The Morgan fingerprint density at radius 1 is 1.16 bits per heavy atom. The number of carbonyl (C=O) groups is 2. The van der Waals surface area contributed by atoms with Crippen LogP contribution in [0.5, 0.6) is 17.2 Å². The Morgan fingerprint density at radius 2 is 1.84 bits per heavy atom. The number of cyclic esters (lactones) is 1. The quantitative estimate of drug-likeness (QED) is 0.440. The number of methoxy groups -OCH3 is 1. The van der Waals surface area contributed by atoms with Crippen molar-refractivity contribution in [3.63, 3.8) is 0 Å². The predicted molar refractivity (Wildman–Crippen MR) is 135 cm³/mol. The number of benzene rings is 2. The van der Waals surface area contributed by atoms with Crippen LogP contribution in [-0.4, -0.2) is 46.5 Å². The first-order chi connectivity index (χ1) is 17.4. The Morgan fingerprint density at radius 3 is 2.41 bits per heavy atom. The molecule has 1 N–H and O–H groups in total. The van der Waals surface area contributed by atoms with E-state index in [1.807, 2.05) is 0 Å². The molecule has 0 spiro atoms. The van der Waals surface area contributed by atoms with Gasteiger partial charge in [-0.15, -0.1) is 0 Å². The number of hydrogen-bond donors (Lipinski definition) is 1. The van der Waals surface area contributed by atoms with E-state index in [-0.39, 0.29) is 12.3 Å². The first kappa shape index (κ1) is 26.1. The monoisotopic (exact) mass is 573 g/mol. The molecule has 1 saturated heterocycles. The molecule has 3 aromatic rings. The van der Waals surface area contributed by atoms with Crippen molar-refractivity contribution in [1.29, 1.82) is 0 Å². The lowest BCUT2D eigenvalue weighted by molar-refractivity contribution is -0.145. The highest BCUT2D eigenvalue weighted by atomic mass is 79.9. The zero-order valence-electron chi connectivity index (χ0n) is 20.7. The summed E-state index contributed by atoms with van der Waals surface area (Å²) in [5.74, 6) is -0.0918. The average Bonchev–Trinajstić information content (AvgIpc) is 3.08. The fraction of sp³-hybridized carbons (Fsp3) is 0.320. The fourth-order valence-corrected chi connectivity index (χ4v) is 4.37. The number of esters is 2. The van der Waals surface area contributed by atoms with Crippen LogP contribution in [-0.2, 0) is 14.3 Å². The third-order valence-electron chi connectivity index (χ3n) is 5.79. The molecule has 0 radical (unpaired) electrons. The smallest absolute Gasteiger partial charge is 0.365 e. The van der Waals surface area contributed by atoms with E-state index in [2.05, 4.69) is 26.0 Å². The summed E-state index contributed by atoms with van der Waals surface area (Å²) in [6, 6.07) is 8.53. The molecular formula is C25H24BrN3O8. The Kier molecular flexibility index (Phi) is 6.96. The molecule has 0 aliphatic carbocycles. The van der Waals surface area contributed by atoms with Gasteiger partial charge in [-0.05, 0) is 71.2 Å². The predicted octanol–water partition coefficient (Wildman–Crippen LogP) is 3.21. The molecule has 0 amide bonds. The van der Waals surface area contributed by atoms with Gasteiger partial charge in [-0.2, -0.15) is 9.78 Å². The molecule has 194 valence electrons. The molecule has 11 nitrogen and oxygen atoms in total. The SMILES string of the molecule is COc1ccc(Oc2c(C)cc(-n3nc(C(=O)OC4C(=O)OCC4(C)C)c(=O)[nH]c3=O)cc2C)cc1Br. The van der Waals surface area contributed by atoms with Crippen LogP contribution < -0.4 is 20.7 Å². The van der Waals surface area contributed by atoms with Crippen molar-refractivity contribution in [2.45, 2.75) is 33.8 Å². The van der Waals surface area contributed by atoms with Gasteiger partial charge in [-0.3, -0.25) is 9.78 Å². The summed E-state index contributed by atoms with van der Waals surface area (Å²) in [7, 11) is 1.56. The Balaban J connectivity index is 1.66. The van der Waals surface area contributed by atoms with E-state index < -0.39 is 40.4 Å². The maximum Gasteiger partial charge on any atom is 0.365 e. The van der Waals surface area contributed by atoms with Gasteiger partial charge in [0.25, 0.3) is 5.56 Å². The van der Waals surface area contributed by atoms with Crippen LogP contribution in [0.1, 0.15) is 35.5 Å². The first-order valence-corrected chi connectivity index (χ1v) is 11.9. The van der Waals surface area contributed by atoms with Gasteiger partial charge in [0.15, 0.2) is 0 Å². The third-order valence-corrected chi connectivity index (χ3v) is 6.41. The van der Waals surface area contributed by atoms with Gasteiger partial charge < -0.3 is 18.9 Å². The number of rotatable bonds is 6. The number of hydrogen-bond acceptors (Lipinski definition) is 9. The molecule has 2 heterocycles. The van der Waals surface area contributed by atoms with Gasteiger partial charge in [-0.1, -0.05) is 13.8 Å². The van der Waals surface area contributed by atoms with E-state index in [9.17, 15) is 19.2 Å². The molecule has 0 bridgehead atoms. The van der Waals surface area contributed by atoms with Crippen LogP contribution >= 0.6 is 15.9 Å². The zero-order valence-corrected chi connectivity index (χ0v) is 22.3. The fourth-order valence-electron chi connectivity index (χ4n) is 3.85. The number of halogens is 1. The highest BCUT2D eigenvalue weighted by Crippen LogP contribution is 2.35. The largest absolute Gasteiger partial charge is 0.496 e. The number of carbonyl (C=O) groups excluding carboxylic acids is 2. The van der Waals surface area contributed by atoms with E-state index >= 15 is 0 Å². The second-order valence-electron chi connectivity index (χ2n) is 9.21. The van der Waals surface area contributed by atoms with Crippen LogP contribution in [0.25, 0.3) is 5.69 Å². The molecule has 1 aliphatic heterocycles. The second kappa shape index (κ2) is 9.85. The number of nitrogens with one attached hydrogen (secondary N) is 1. The standard InChI is InChI=1S/C25H24BrN3O8/c1-12-8-14(9-13(2)19(12)36-15-6-7-17(34-5)16(26)10-15)29-24(33)27-21(30)18(28-29)22(31)37-20-23(32)35-11-25(20,3)4/h6-10,20H,11H2,1-5H3,(H,27,30,33). The van der Waals surface area contributed by atoms with Crippen molar-refractivity contribution in [3.05, 3.63) is 72.5 Å². The van der Waals surface area contributed by atoms with Gasteiger partial charge in [0, 0.05) is 5.41 Å². The highest BCUT2D eigenvalue weighted by Gasteiger charge is 2.47. The summed E-state index contributed by atoms with van der Waals surface area (Å²) in [5.41, 5.74) is -1.72. The normalized spacial score (nSPS) is 16.3. The molecule has 1 fully saturated rings. The number of aromatic nitrogens is 3. The van der Waals surface area contributed by atoms with Crippen molar-refractivity contribution in [2.24, 2.45) is 5.41 Å². The average molecular weight is 574 g/mol. The number of H-pyrrole nitrogens is 1. The minimum absolute atomic E-state index is 0.0630. The van der Waals surface area contributed by atoms with Crippen LogP contribution in [0.2, 0.25) is 0 Å². The lowest BCUT2D eigenvalue weighted by Gasteiger charge is -2.21. The summed E-state index contributed by atoms with van der Waals surface area (Å²) in [4.78, 5) is 51.8. The molecule has 2 aromatic carbocycles. The van der Waals surface area contributed by atoms with Crippen molar-refractivity contribution < 1.29 is 28.5 Å². The minimum Gasteiger partial charge on any atom is -0.496 e. The van der Waals surface area contributed by atoms with Crippen molar-refractivity contribution in [3.8, 4) is 22.9 Å². The van der Waals surface area contributed by atoms with Gasteiger partial charge in [-0.25, -0.2) is 14.4 Å². The summed E-state index contributed by atoms with van der Waals surface area (Å²) in [6.45, 7) is 7.00. The van der Waals surface area contributed by atoms with Crippen molar-refractivity contribution >= 4 is 27.9 Å². The van der Waals surface area contributed by atoms with Crippen molar-refractivity contribution in [2.75, 3.05) is 13.7 Å². The molecule has 4 rings (SSSR count). The van der Waals surface area contributed by atoms with E-state index in [1.165, 1.54) is 0 Å². The molecule has 12 heteroatoms. The number of nitrogens with zero attached hydrogens (tertiary/aromatic N) is 2. The molecular weight excluding hydrogens is 550 g/mol. The molecule has 1 atom stereocenters. The highest BCUT2D eigenvalue weighted by molar-refractivity contribution is 9.10. The first-order valence-electron chi connectivity index (χ1n) is 11.2. The van der Waals surface area contributed by atoms with E-state index in [0.717, 1.165) is 9.15 Å². The zero-order chi connectivity index (χ0) is 27.1. The topological polar surface area (TPSA) is 139 Å². The van der Waals surface area contributed by atoms with E-state index in [0.29, 0.717) is 28.4 Å². The molecule has 1 aromatic heterocycles. The van der Waals surface area contributed by atoms with Gasteiger partial charge in [0.05, 0.1) is 17.3 Å². The summed E-state index contributed by atoms with van der Waals surface area (Å²) >= 11 is 3.43. The number of aryl methyl sites for hydroxylation is 2. The molecule has 0 saturated carbocycles. The van der Waals surface area contributed by atoms with Crippen molar-refractivity contribution in [1.82, 2.24) is 14.8 Å². The van der Waals surface area contributed by atoms with Gasteiger partial charge in [0.2, 0.25) is 11.8 Å². The maximum atomic E-state index is 12.8. The van der Waals surface area contributed by atoms with Gasteiger partial charge >= 0.3 is 17.6 Å². The van der Waals surface area contributed by atoms with Crippen LogP contribution in [0, 0.1) is 19.3 Å². The molecule has 37 heavy (non-hydrogen) atoms. The van der Waals surface area contributed by atoms with E-state index in [4.69, 9.17) is 18.9 Å². The molecule has 1 aliphatic rings. The summed E-state index contributed by atoms with van der Waals surface area (Å²) in [6.07, 6.45) is -1.21. The number of ether oxygens (including phenoxy) is 4. The van der Waals surface area contributed by atoms with Crippen LogP contribution in [0.4, 0.5) is 0 Å².